The molecule has 1 rings (SSSR count). The second-order valence-corrected chi connectivity index (χ2v) is 2.18. The number of phenolic OH excluding ortho intramolecular Hbond substituents is 1. The van der Waals surface area contributed by atoms with Crippen molar-refractivity contribution in [3.8, 4) is 5.75 Å². The molecule has 0 atom stereocenters. The fourth-order valence-electron chi connectivity index (χ4n) is 0.657. The number of aromatic hydroxyl groups is 1. The van der Waals surface area contributed by atoms with Gasteiger partial charge in [-0.25, -0.2) is 0 Å². The van der Waals surface area contributed by atoms with Gasteiger partial charge in [0.15, 0.2) is 0 Å². The molecule has 0 bridgehead atoms. The summed E-state index contributed by atoms with van der Waals surface area (Å²) >= 11 is 0. The number of hydrogen-bond acceptors (Lipinski definition) is 1. The number of rotatable bonds is 0. The van der Waals surface area contributed by atoms with E-state index in [1.54, 1.807) is 12.1 Å². The fraction of sp³-hybridized carbons (Fsp3) is 0.250. The molecule has 1 aromatic carbocycles. The van der Waals surface area contributed by atoms with Crippen molar-refractivity contribution in [3.63, 3.8) is 0 Å². The Morgan fingerprint density at radius 2 is 2.00 bits per heavy atom. The van der Waals surface area contributed by atoms with Crippen molar-refractivity contribution >= 4 is 0 Å². The van der Waals surface area contributed by atoms with Crippen LogP contribution in [0.2, 0.25) is 0 Å². The first-order valence-electron chi connectivity index (χ1n) is 2.88. The summed E-state index contributed by atoms with van der Waals surface area (Å²) in [7, 11) is 0. The molecule has 0 aliphatic carbocycles. The van der Waals surface area contributed by atoms with E-state index in [9.17, 15) is 0 Å². The van der Waals surface area contributed by atoms with Crippen molar-refractivity contribution in [2.75, 3.05) is 0 Å². The van der Waals surface area contributed by atoms with E-state index in [1.165, 1.54) is 0 Å². The molecule has 1 aromatic rings. The van der Waals surface area contributed by atoms with Gasteiger partial charge in [0.25, 0.3) is 0 Å². The van der Waals surface area contributed by atoms with E-state index in [4.69, 9.17) is 5.11 Å². The summed E-state index contributed by atoms with van der Waals surface area (Å²) in [6, 6.07) is 6.47. The van der Waals surface area contributed by atoms with Gasteiger partial charge in [-0.15, -0.1) is 11.6 Å². The third kappa shape index (κ3) is 2.39. The van der Waals surface area contributed by atoms with Crippen molar-refractivity contribution in [2.45, 2.75) is 13.8 Å². The van der Waals surface area contributed by atoms with E-state index in [0.29, 0.717) is 5.75 Å². The standard InChI is InChI=1S/C8H9O.Y/c1-6-3-4-7(2)8(9)5-6;/h4-5,9H,1-2H3;/q-1;. The molecule has 1 nitrogen and oxygen atoms in total. The molecule has 0 amide bonds. The van der Waals surface area contributed by atoms with Crippen molar-refractivity contribution in [2.24, 2.45) is 0 Å². The Morgan fingerprint density at radius 3 is 2.40 bits per heavy atom. The molecule has 0 unspecified atom stereocenters. The minimum atomic E-state index is 0. The van der Waals surface area contributed by atoms with Gasteiger partial charge in [-0.1, -0.05) is 13.8 Å². The average Bonchev–Trinajstić information content (AvgIpc) is 1.80. The second-order valence-electron chi connectivity index (χ2n) is 2.18. The van der Waals surface area contributed by atoms with Crippen LogP contribution in [0.4, 0.5) is 0 Å². The van der Waals surface area contributed by atoms with Gasteiger partial charge < -0.3 is 5.11 Å². The Bertz CT molecular complexity index is 220. The van der Waals surface area contributed by atoms with Gasteiger partial charge in [0.05, 0.1) is 0 Å². The summed E-state index contributed by atoms with van der Waals surface area (Å²) in [6.07, 6.45) is 0. The molecule has 51 valence electrons. The smallest absolute Gasteiger partial charge is 0.0113 e. The zero-order valence-corrected chi connectivity index (χ0v) is 9.02. The van der Waals surface area contributed by atoms with Crippen LogP contribution in [0.25, 0.3) is 0 Å². The molecule has 0 heterocycles. The first-order chi connectivity index (χ1) is 4.20. The first-order valence-corrected chi connectivity index (χ1v) is 2.88. The van der Waals surface area contributed by atoms with Crippen LogP contribution in [0, 0.1) is 19.9 Å². The van der Waals surface area contributed by atoms with E-state index >= 15 is 0 Å². The van der Waals surface area contributed by atoms with Gasteiger partial charge in [0, 0.05) is 38.5 Å². The molecule has 0 spiro atoms. The summed E-state index contributed by atoms with van der Waals surface area (Å²) in [5.41, 5.74) is 1.85. The Hall–Kier alpha value is 0.124. The predicted octanol–water partition coefficient (Wildman–Crippen LogP) is 1.81. The Kier molecular flexibility index (Phi) is 4.15. The van der Waals surface area contributed by atoms with Crippen LogP contribution >= 0.6 is 0 Å². The van der Waals surface area contributed by atoms with Crippen LogP contribution in [0.15, 0.2) is 12.1 Å². The summed E-state index contributed by atoms with van der Waals surface area (Å²) in [5.74, 6) is 0.353. The molecule has 1 radical (unpaired) electrons. The normalized spacial score (nSPS) is 8.60. The number of benzene rings is 1. The third-order valence-corrected chi connectivity index (χ3v) is 1.27. The predicted molar refractivity (Wildman–Crippen MR) is 36.4 cm³/mol. The average molecular weight is 210 g/mol. The second kappa shape index (κ2) is 4.10. The van der Waals surface area contributed by atoms with Crippen LogP contribution < -0.4 is 0 Å². The van der Waals surface area contributed by atoms with Crippen LogP contribution in [-0.2, 0) is 32.7 Å². The molecular weight excluding hydrogens is 201 g/mol. The summed E-state index contributed by atoms with van der Waals surface area (Å²) in [4.78, 5) is 0. The third-order valence-electron chi connectivity index (χ3n) is 1.27. The molecule has 0 fully saturated rings. The minimum Gasteiger partial charge on any atom is -0.533 e. The first kappa shape index (κ1) is 10.1. The summed E-state index contributed by atoms with van der Waals surface area (Å²) in [5, 5.41) is 9.08. The van der Waals surface area contributed by atoms with Crippen molar-refractivity contribution < 1.29 is 37.8 Å². The van der Waals surface area contributed by atoms with Crippen LogP contribution in [0.5, 0.6) is 5.75 Å². The van der Waals surface area contributed by atoms with E-state index in [2.05, 4.69) is 6.07 Å². The van der Waals surface area contributed by atoms with E-state index in [-0.39, 0.29) is 32.7 Å². The van der Waals surface area contributed by atoms with Crippen LogP contribution in [0.1, 0.15) is 11.1 Å². The number of aryl methyl sites for hydroxylation is 2. The largest absolute Gasteiger partial charge is 0.533 e. The summed E-state index contributed by atoms with van der Waals surface area (Å²) in [6.45, 7) is 3.75. The number of hydrogen-bond donors (Lipinski definition) is 1. The zero-order chi connectivity index (χ0) is 6.85. The van der Waals surface area contributed by atoms with Crippen molar-refractivity contribution in [3.05, 3.63) is 29.3 Å². The van der Waals surface area contributed by atoms with Crippen molar-refractivity contribution in [1.29, 1.82) is 0 Å². The van der Waals surface area contributed by atoms with E-state index in [0.717, 1.165) is 11.1 Å². The molecule has 0 aromatic heterocycles. The maximum Gasteiger partial charge on any atom is 0.0113 e. The SMILES string of the molecule is Cc1[c-]cc(C)c(O)c1.[Y]. The fourth-order valence-corrected chi connectivity index (χ4v) is 0.657. The molecule has 0 saturated heterocycles. The van der Waals surface area contributed by atoms with Gasteiger partial charge in [-0.05, 0) is 0 Å². The van der Waals surface area contributed by atoms with Gasteiger partial charge in [0.1, 0.15) is 0 Å². The molecule has 0 aliphatic rings. The molecule has 0 saturated carbocycles. The maximum atomic E-state index is 9.08. The van der Waals surface area contributed by atoms with Crippen LogP contribution in [-0.4, -0.2) is 5.11 Å². The van der Waals surface area contributed by atoms with E-state index < -0.39 is 0 Å². The van der Waals surface area contributed by atoms with Gasteiger partial charge in [-0.3, -0.25) is 0 Å². The molecule has 0 aliphatic heterocycles. The molecule has 10 heavy (non-hydrogen) atoms. The van der Waals surface area contributed by atoms with Crippen molar-refractivity contribution in [1.82, 2.24) is 0 Å². The van der Waals surface area contributed by atoms with E-state index in [1.807, 2.05) is 13.8 Å². The van der Waals surface area contributed by atoms with Crippen LogP contribution in [0.3, 0.4) is 0 Å². The molecular formula is C8H9OY-. The zero-order valence-electron chi connectivity index (χ0n) is 6.18. The minimum absolute atomic E-state index is 0. The summed E-state index contributed by atoms with van der Waals surface area (Å²) < 4.78 is 0. The number of phenols is 1. The van der Waals surface area contributed by atoms with Gasteiger partial charge in [0.2, 0.25) is 0 Å². The molecule has 2 heteroatoms. The van der Waals surface area contributed by atoms with Gasteiger partial charge in [-0.2, -0.15) is 17.7 Å². The Labute approximate surface area is 86.3 Å². The Balaban J connectivity index is 0.000000810. The topological polar surface area (TPSA) is 20.2 Å². The maximum absolute atomic E-state index is 9.08. The quantitative estimate of drug-likeness (QED) is 0.647. The van der Waals surface area contributed by atoms with Gasteiger partial charge >= 0.3 is 0 Å². The monoisotopic (exact) mass is 210 g/mol. The Morgan fingerprint density at radius 1 is 1.40 bits per heavy atom. The molecule has 1 N–H and O–H groups in total.